The summed E-state index contributed by atoms with van der Waals surface area (Å²) in [4.78, 5) is 12.2. The molecule has 0 spiro atoms. The van der Waals surface area contributed by atoms with Crippen LogP contribution in [0.25, 0.3) is 6.08 Å². The van der Waals surface area contributed by atoms with Gasteiger partial charge in [-0.2, -0.15) is 0 Å². The van der Waals surface area contributed by atoms with Gasteiger partial charge in [-0.15, -0.1) is 0 Å². The lowest BCUT2D eigenvalue weighted by Gasteiger charge is -2.42. The van der Waals surface area contributed by atoms with E-state index in [0.717, 1.165) is 5.56 Å². The summed E-state index contributed by atoms with van der Waals surface area (Å²) < 4.78 is 6.67. The number of carbonyl (C=O) groups excluding carboxylic acids is 1. The molecule has 0 aliphatic rings. The molecule has 0 heterocycles. The summed E-state index contributed by atoms with van der Waals surface area (Å²) in [5.74, 6) is 5.42. The Morgan fingerprint density at radius 3 is 1.81 bits per heavy atom. The zero-order chi connectivity index (χ0) is 22.2. The van der Waals surface area contributed by atoms with E-state index in [9.17, 15) is 4.79 Å². The number of benzene rings is 3. The highest BCUT2D eigenvalue weighted by Crippen LogP contribution is 2.36. The predicted molar refractivity (Wildman–Crippen MR) is 132 cm³/mol. The van der Waals surface area contributed by atoms with Crippen LogP contribution >= 0.6 is 0 Å². The van der Waals surface area contributed by atoms with Crippen LogP contribution in [0.15, 0.2) is 97.1 Å². The Labute approximate surface area is 186 Å². The van der Waals surface area contributed by atoms with Crippen molar-refractivity contribution in [1.29, 1.82) is 0 Å². The smallest absolute Gasteiger partial charge is 0.262 e. The Morgan fingerprint density at radius 1 is 0.839 bits per heavy atom. The number of carbonyl (C=O) groups is 1. The fourth-order valence-corrected chi connectivity index (χ4v) is 8.25. The summed E-state index contributed by atoms with van der Waals surface area (Å²) in [7, 11) is -2.62. The fraction of sp³-hybridized carbons (Fsp3) is 0.179. The lowest BCUT2D eigenvalue weighted by atomic mass is 10.2. The van der Waals surface area contributed by atoms with Gasteiger partial charge < -0.3 is 4.43 Å². The molecule has 31 heavy (non-hydrogen) atoms. The van der Waals surface area contributed by atoms with E-state index >= 15 is 0 Å². The number of hydrogen-bond acceptors (Lipinski definition) is 2. The molecule has 3 rings (SSSR count). The van der Waals surface area contributed by atoms with Crippen LogP contribution in [0.3, 0.4) is 0 Å². The average molecular weight is 425 g/mol. The minimum atomic E-state index is -2.62. The molecule has 0 bridgehead atoms. The molecular formula is C28H28O2Si. The summed E-state index contributed by atoms with van der Waals surface area (Å²) in [6, 6.07) is 30.6. The molecule has 0 atom stereocenters. The lowest BCUT2D eigenvalue weighted by molar-refractivity contribution is -0.109. The second-order valence-corrected chi connectivity index (χ2v) is 12.7. The normalized spacial score (nSPS) is 11.7. The van der Waals surface area contributed by atoms with Crippen molar-refractivity contribution in [2.75, 3.05) is 6.61 Å². The van der Waals surface area contributed by atoms with E-state index in [0.29, 0.717) is 0 Å². The van der Waals surface area contributed by atoms with Gasteiger partial charge in [0, 0.05) is 0 Å². The monoisotopic (exact) mass is 424 g/mol. The highest BCUT2D eigenvalue weighted by Gasteiger charge is 2.49. The standard InChI is InChI=1S/C28H28O2Si/c1-28(2,3)31(26-17-9-5-10-18-26,27-19-11-6-12-20-27)30-23-13-16-25(29)22-21-24-14-7-4-8-15-24/h4-12,14-15,17-22H,23H2,1-3H3/b22-21+. The molecule has 0 saturated heterocycles. The van der Waals surface area contributed by atoms with Crippen LogP contribution in [-0.2, 0) is 9.22 Å². The first kappa shape index (κ1) is 22.5. The SMILES string of the molecule is CC(C)(C)[Si](OCC#CC(=O)/C=C/c1ccccc1)(c1ccccc1)c1ccccc1. The molecule has 0 saturated carbocycles. The van der Waals surface area contributed by atoms with Crippen molar-refractivity contribution >= 4 is 30.6 Å². The maximum atomic E-state index is 12.2. The summed E-state index contributed by atoms with van der Waals surface area (Å²) >= 11 is 0. The molecule has 0 N–H and O–H groups in total. The van der Waals surface area contributed by atoms with Gasteiger partial charge in [0.15, 0.2) is 0 Å². The van der Waals surface area contributed by atoms with Gasteiger partial charge in [0.1, 0.15) is 0 Å². The van der Waals surface area contributed by atoms with Crippen molar-refractivity contribution in [1.82, 2.24) is 0 Å². The molecule has 0 radical (unpaired) electrons. The second kappa shape index (κ2) is 10.2. The van der Waals surface area contributed by atoms with Gasteiger partial charge in [0.25, 0.3) is 8.32 Å². The van der Waals surface area contributed by atoms with Crippen LogP contribution in [-0.4, -0.2) is 20.7 Å². The van der Waals surface area contributed by atoms with Crippen LogP contribution in [0.4, 0.5) is 0 Å². The van der Waals surface area contributed by atoms with Crippen molar-refractivity contribution in [3.63, 3.8) is 0 Å². The molecule has 0 fully saturated rings. The largest absolute Gasteiger partial charge is 0.396 e. The van der Waals surface area contributed by atoms with Gasteiger partial charge >= 0.3 is 0 Å². The molecule has 0 unspecified atom stereocenters. The first-order chi connectivity index (χ1) is 14.9. The highest BCUT2D eigenvalue weighted by atomic mass is 28.4. The van der Waals surface area contributed by atoms with Crippen LogP contribution in [0.2, 0.25) is 5.04 Å². The molecule has 156 valence electrons. The van der Waals surface area contributed by atoms with Crippen molar-refractivity contribution in [2.24, 2.45) is 0 Å². The first-order valence-corrected chi connectivity index (χ1v) is 12.4. The van der Waals surface area contributed by atoms with E-state index in [1.165, 1.54) is 16.4 Å². The van der Waals surface area contributed by atoms with Crippen molar-refractivity contribution in [3.8, 4) is 11.8 Å². The number of hydrogen-bond donors (Lipinski definition) is 0. The number of allylic oxidation sites excluding steroid dienone is 1. The van der Waals surface area contributed by atoms with E-state index in [1.54, 1.807) is 6.08 Å². The Bertz CT molecular complexity index is 1030. The maximum Gasteiger partial charge on any atom is 0.262 e. The molecule has 3 aromatic carbocycles. The Morgan fingerprint density at radius 2 is 1.32 bits per heavy atom. The predicted octanol–water partition coefficient (Wildman–Crippen LogP) is 4.85. The van der Waals surface area contributed by atoms with E-state index in [2.05, 4.69) is 81.1 Å². The Kier molecular flexibility index (Phi) is 7.41. The molecule has 3 aromatic rings. The quantitative estimate of drug-likeness (QED) is 0.245. The number of rotatable bonds is 6. The van der Waals surface area contributed by atoms with Crippen molar-refractivity contribution in [2.45, 2.75) is 25.8 Å². The van der Waals surface area contributed by atoms with Gasteiger partial charge in [-0.25, -0.2) is 0 Å². The first-order valence-electron chi connectivity index (χ1n) is 10.4. The minimum absolute atomic E-state index is 0.116. The summed E-state index contributed by atoms with van der Waals surface area (Å²) in [5, 5.41) is 2.28. The van der Waals surface area contributed by atoms with Crippen LogP contribution in [0.5, 0.6) is 0 Å². The van der Waals surface area contributed by atoms with E-state index < -0.39 is 8.32 Å². The van der Waals surface area contributed by atoms with Gasteiger partial charge in [-0.3, -0.25) is 4.79 Å². The zero-order valence-corrected chi connectivity index (χ0v) is 19.3. The van der Waals surface area contributed by atoms with Crippen LogP contribution in [0, 0.1) is 11.8 Å². The lowest BCUT2D eigenvalue weighted by Crippen LogP contribution is -2.66. The van der Waals surface area contributed by atoms with Gasteiger partial charge in [-0.05, 0) is 33.0 Å². The summed E-state index contributed by atoms with van der Waals surface area (Å²) in [5.41, 5.74) is 0.973. The Hall–Kier alpha value is -3.19. The molecule has 0 amide bonds. The van der Waals surface area contributed by atoms with E-state index in [4.69, 9.17) is 4.43 Å². The van der Waals surface area contributed by atoms with E-state index in [-0.39, 0.29) is 17.4 Å². The third kappa shape index (κ3) is 5.49. The fourth-order valence-electron chi connectivity index (χ4n) is 3.81. The number of ketones is 1. The van der Waals surface area contributed by atoms with Crippen molar-refractivity contribution < 1.29 is 9.22 Å². The third-order valence-corrected chi connectivity index (χ3v) is 10.2. The minimum Gasteiger partial charge on any atom is -0.396 e. The van der Waals surface area contributed by atoms with Crippen molar-refractivity contribution in [3.05, 3.63) is 103 Å². The zero-order valence-electron chi connectivity index (χ0n) is 18.3. The van der Waals surface area contributed by atoms with Gasteiger partial charge in [0.2, 0.25) is 5.78 Å². The third-order valence-electron chi connectivity index (χ3n) is 5.22. The van der Waals surface area contributed by atoms with Gasteiger partial charge in [0.05, 0.1) is 6.61 Å². The molecule has 0 aliphatic carbocycles. The summed E-state index contributed by atoms with van der Waals surface area (Å²) in [6.07, 6.45) is 3.28. The van der Waals surface area contributed by atoms with E-state index in [1.807, 2.05) is 42.5 Å². The summed E-state index contributed by atoms with van der Waals surface area (Å²) in [6.45, 7) is 6.87. The molecule has 2 nitrogen and oxygen atoms in total. The molecule has 3 heteroatoms. The topological polar surface area (TPSA) is 26.3 Å². The molecule has 0 aliphatic heterocycles. The average Bonchev–Trinajstić information content (AvgIpc) is 2.79. The van der Waals surface area contributed by atoms with Crippen LogP contribution < -0.4 is 10.4 Å². The van der Waals surface area contributed by atoms with Crippen LogP contribution in [0.1, 0.15) is 26.3 Å². The molecule has 0 aromatic heterocycles. The second-order valence-electron chi connectivity index (χ2n) is 8.36. The van der Waals surface area contributed by atoms with Gasteiger partial charge in [-0.1, -0.05) is 124 Å². The Balaban J connectivity index is 1.85. The highest BCUT2D eigenvalue weighted by molar-refractivity contribution is 6.99. The maximum absolute atomic E-state index is 12.2. The molecular weight excluding hydrogens is 396 g/mol.